The molecule has 7 heteroatoms. The summed E-state index contributed by atoms with van der Waals surface area (Å²) in [6.07, 6.45) is 0. The Morgan fingerprint density at radius 3 is 1.79 bits per heavy atom. The Labute approximate surface area is 171 Å². The number of amides is 2. The number of hydrogen-bond donors (Lipinski definition) is 1. The van der Waals surface area contributed by atoms with Gasteiger partial charge in [-0.2, -0.15) is 0 Å². The number of halogens is 1. The number of nitrogens with one attached hydrogen (secondary N) is 1. The van der Waals surface area contributed by atoms with Gasteiger partial charge in [0.25, 0.3) is 0 Å². The van der Waals surface area contributed by atoms with Crippen molar-refractivity contribution in [3.63, 3.8) is 0 Å². The van der Waals surface area contributed by atoms with Crippen LogP contribution < -0.4 is 15.1 Å². The minimum atomic E-state index is -0.231. The molecule has 4 rings (SSSR count). The zero-order chi connectivity index (χ0) is 20.2. The van der Waals surface area contributed by atoms with E-state index in [1.54, 1.807) is 12.1 Å². The molecular formula is C22H28FN5O. The summed E-state index contributed by atoms with van der Waals surface area (Å²) >= 11 is 0. The highest BCUT2D eigenvalue weighted by Crippen LogP contribution is 2.21. The van der Waals surface area contributed by atoms with E-state index >= 15 is 0 Å². The van der Waals surface area contributed by atoms with Crippen LogP contribution in [0, 0.1) is 5.82 Å². The Morgan fingerprint density at radius 1 is 0.759 bits per heavy atom. The van der Waals surface area contributed by atoms with Crippen molar-refractivity contribution in [2.45, 2.75) is 0 Å². The molecule has 29 heavy (non-hydrogen) atoms. The number of likely N-dealkylation sites (N-methyl/N-ethyl adjacent to an activating group) is 1. The summed E-state index contributed by atoms with van der Waals surface area (Å²) in [7, 11) is 2.15. The zero-order valence-corrected chi connectivity index (χ0v) is 16.9. The first kappa shape index (κ1) is 19.5. The molecule has 0 bridgehead atoms. The molecule has 2 aromatic rings. The molecule has 2 aromatic carbocycles. The quantitative estimate of drug-likeness (QED) is 0.865. The fraction of sp³-hybridized carbons (Fsp3) is 0.409. The number of hydrogen-bond acceptors (Lipinski definition) is 4. The van der Waals surface area contributed by atoms with Gasteiger partial charge in [0, 0.05) is 69.4 Å². The van der Waals surface area contributed by atoms with E-state index in [1.165, 1.54) is 17.8 Å². The van der Waals surface area contributed by atoms with Gasteiger partial charge in [0.15, 0.2) is 0 Å². The standard InChI is InChI=1S/C22H28FN5O/c1-25-10-12-26(13-11-25)21-8-4-19(5-9-21)24-22(29)28-16-14-27(15-17-28)20-6-2-18(23)3-7-20/h2-9H,10-17H2,1H3,(H,24,29). The molecule has 0 radical (unpaired) electrons. The first-order valence-electron chi connectivity index (χ1n) is 10.2. The van der Waals surface area contributed by atoms with Crippen LogP contribution in [0.1, 0.15) is 0 Å². The lowest BCUT2D eigenvalue weighted by Crippen LogP contribution is -2.50. The van der Waals surface area contributed by atoms with Crippen molar-refractivity contribution in [2.24, 2.45) is 0 Å². The predicted octanol–water partition coefficient (Wildman–Crippen LogP) is 2.93. The zero-order valence-electron chi connectivity index (χ0n) is 16.9. The minimum Gasteiger partial charge on any atom is -0.369 e. The van der Waals surface area contributed by atoms with E-state index in [4.69, 9.17) is 0 Å². The van der Waals surface area contributed by atoms with Gasteiger partial charge in [0.2, 0.25) is 0 Å². The smallest absolute Gasteiger partial charge is 0.321 e. The maximum atomic E-state index is 13.1. The summed E-state index contributed by atoms with van der Waals surface area (Å²) in [6.45, 7) is 6.96. The second-order valence-electron chi connectivity index (χ2n) is 7.72. The van der Waals surface area contributed by atoms with Gasteiger partial charge < -0.3 is 24.9 Å². The van der Waals surface area contributed by atoms with Crippen LogP contribution in [-0.4, -0.2) is 75.2 Å². The molecular weight excluding hydrogens is 369 g/mol. The molecule has 0 atom stereocenters. The minimum absolute atomic E-state index is 0.0731. The SMILES string of the molecule is CN1CCN(c2ccc(NC(=O)N3CCN(c4ccc(F)cc4)CC3)cc2)CC1. The maximum Gasteiger partial charge on any atom is 0.321 e. The molecule has 2 heterocycles. The van der Waals surface area contributed by atoms with Crippen LogP contribution in [-0.2, 0) is 0 Å². The largest absolute Gasteiger partial charge is 0.369 e. The molecule has 0 saturated carbocycles. The fourth-order valence-electron chi connectivity index (χ4n) is 3.84. The monoisotopic (exact) mass is 397 g/mol. The average Bonchev–Trinajstić information content (AvgIpc) is 2.76. The van der Waals surface area contributed by atoms with E-state index in [9.17, 15) is 9.18 Å². The summed E-state index contributed by atoms with van der Waals surface area (Å²) in [5.74, 6) is -0.231. The first-order chi connectivity index (χ1) is 14.1. The number of anilines is 3. The summed E-state index contributed by atoms with van der Waals surface area (Å²) in [5.41, 5.74) is 3.00. The lowest BCUT2D eigenvalue weighted by atomic mass is 10.2. The molecule has 2 saturated heterocycles. The Kier molecular flexibility index (Phi) is 5.85. The molecule has 2 aliphatic heterocycles. The third-order valence-corrected chi connectivity index (χ3v) is 5.75. The molecule has 6 nitrogen and oxygen atoms in total. The lowest BCUT2D eigenvalue weighted by Gasteiger charge is -2.36. The van der Waals surface area contributed by atoms with Crippen molar-refractivity contribution in [3.8, 4) is 0 Å². The van der Waals surface area contributed by atoms with Crippen molar-refractivity contribution in [3.05, 3.63) is 54.3 Å². The maximum absolute atomic E-state index is 13.1. The van der Waals surface area contributed by atoms with Gasteiger partial charge in [-0.3, -0.25) is 0 Å². The molecule has 0 aromatic heterocycles. The molecule has 2 aliphatic rings. The van der Waals surface area contributed by atoms with E-state index in [0.29, 0.717) is 13.1 Å². The van der Waals surface area contributed by atoms with E-state index in [1.807, 2.05) is 17.0 Å². The average molecular weight is 397 g/mol. The molecule has 2 fully saturated rings. The summed E-state index contributed by atoms with van der Waals surface area (Å²) in [6, 6.07) is 14.5. The van der Waals surface area contributed by atoms with E-state index in [0.717, 1.165) is 50.6 Å². The van der Waals surface area contributed by atoms with Gasteiger partial charge in [-0.25, -0.2) is 9.18 Å². The van der Waals surface area contributed by atoms with Gasteiger partial charge in [-0.05, 0) is 55.6 Å². The van der Waals surface area contributed by atoms with E-state index < -0.39 is 0 Å². The summed E-state index contributed by atoms with van der Waals surface area (Å²) < 4.78 is 13.1. The van der Waals surface area contributed by atoms with Crippen LogP contribution in [0.5, 0.6) is 0 Å². The van der Waals surface area contributed by atoms with Crippen LogP contribution in [0.15, 0.2) is 48.5 Å². The van der Waals surface area contributed by atoms with Gasteiger partial charge in [0.1, 0.15) is 5.82 Å². The van der Waals surface area contributed by atoms with Gasteiger partial charge in [-0.1, -0.05) is 0 Å². The molecule has 0 unspecified atom stereocenters. The number of carbonyl (C=O) groups excluding carboxylic acids is 1. The second-order valence-corrected chi connectivity index (χ2v) is 7.72. The molecule has 154 valence electrons. The fourth-order valence-corrected chi connectivity index (χ4v) is 3.84. The van der Waals surface area contributed by atoms with Crippen molar-refractivity contribution < 1.29 is 9.18 Å². The Morgan fingerprint density at radius 2 is 1.24 bits per heavy atom. The van der Waals surface area contributed by atoms with Crippen molar-refractivity contribution >= 4 is 23.1 Å². The van der Waals surface area contributed by atoms with Gasteiger partial charge in [-0.15, -0.1) is 0 Å². The Balaban J connectivity index is 1.28. The Bertz CT molecular complexity index is 810. The van der Waals surface area contributed by atoms with Crippen LogP contribution in [0.2, 0.25) is 0 Å². The highest BCUT2D eigenvalue weighted by Gasteiger charge is 2.21. The van der Waals surface area contributed by atoms with Crippen LogP contribution in [0.3, 0.4) is 0 Å². The highest BCUT2D eigenvalue weighted by atomic mass is 19.1. The topological polar surface area (TPSA) is 42.1 Å². The molecule has 0 spiro atoms. The van der Waals surface area contributed by atoms with Gasteiger partial charge >= 0.3 is 6.03 Å². The predicted molar refractivity (Wildman–Crippen MR) is 115 cm³/mol. The summed E-state index contributed by atoms with van der Waals surface area (Å²) in [4.78, 5) is 21.3. The molecule has 1 N–H and O–H groups in total. The van der Waals surface area contributed by atoms with Crippen molar-refractivity contribution in [2.75, 3.05) is 74.5 Å². The third kappa shape index (κ3) is 4.79. The van der Waals surface area contributed by atoms with E-state index in [2.05, 4.69) is 39.2 Å². The van der Waals surface area contributed by atoms with Gasteiger partial charge in [0.05, 0.1) is 0 Å². The number of nitrogens with zero attached hydrogens (tertiary/aromatic N) is 4. The number of rotatable bonds is 3. The van der Waals surface area contributed by atoms with Crippen molar-refractivity contribution in [1.29, 1.82) is 0 Å². The van der Waals surface area contributed by atoms with Crippen LogP contribution >= 0.6 is 0 Å². The van der Waals surface area contributed by atoms with Crippen LogP contribution in [0.25, 0.3) is 0 Å². The molecule has 0 aliphatic carbocycles. The number of piperazine rings is 2. The normalized spacial score (nSPS) is 18.1. The lowest BCUT2D eigenvalue weighted by molar-refractivity contribution is 0.208. The Hall–Kier alpha value is -2.80. The van der Waals surface area contributed by atoms with E-state index in [-0.39, 0.29) is 11.8 Å². The summed E-state index contributed by atoms with van der Waals surface area (Å²) in [5, 5.41) is 3.00. The van der Waals surface area contributed by atoms with Crippen LogP contribution in [0.4, 0.5) is 26.2 Å². The molecule has 2 amide bonds. The van der Waals surface area contributed by atoms with Crippen molar-refractivity contribution in [1.82, 2.24) is 9.80 Å². The number of benzene rings is 2. The highest BCUT2D eigenvalue weighted by molar-refractivity contribution is 5.89. The second kappa shape index (κ2) is 8.69. The first-order valence-corrected chi connectivity index (χ1v) is 10.2. The number of carbonyl (C=O) groups is 1. The number of urea groups is 1. The third-order valence-electron chi connectivity index (χ3n) is 5.75.